The Morgan fingerprint density at radius 3 is 2.89 bits per heavy atom. The number of amides is 2. The van der Waals surface area contributed by atoms with Gasteiger partial charge >= 0.3 is 0 Å². The van der Waals surface area contributed by atoms with Crippen LogP contribution in [0.4, 0.5) is 9.52 Å². The highest BCUT2D eigenvalue weighted by Crippen LogP contribution is 2.34. The number of hydrogen-bond donors (Lipinski definition) is 2. The molecule has 1 aliphatic carbocycles. The molecular weight excluding hydrogens is 365 g/mol. The van der Waals surface area contributed by atoms with Gasteiger partial charge in [-0.15, -0.1) is 0 Å². The molecule has 1 aliphatic rings. The lowest BCUT2D eigenvalue weighted by Crippen LogP contribution is -2.40. The van der Waals surface area contributed by atoms with Gasteiger partial charge in [-0.25, -0.2) is 9.37 Å². The van der Waals surface area contributed by atoms with Crippen molar-refractivity contribution in [3.63, 3.8) is 0 Å². The molecule has 1 saturated carbocycles. The third-order valence-corrected chi connectivity index (χ3v) is 6.03. The number of thiazole rings is 1. The Morgan fingerprint density at radius 2 is 2.07 bits per heavy atom. The Labute approximate surface area is 160 Å². The van der Waals surface area contributed by atoms with Crippen LogP contribution in [-0.4, -0.2) is 22.8 Å². The van der Waals surface area contributed by atoms with Crippen LogP contribution in [-0.2, 0) is 9.59 Å². The van der Waals surface area contributed by atoms with E-state index in [1.54, 1.807) is 6.07 Å². The van der Waals surface area contributed by atoms with Gasteiger partial charge in [-0.3, -0.25) is 9.59 Å². The van der Waals surface area contributed by atoms with Crippen molar-refractivity contribution in [2.24, 2.45) is 5.92 Å². The van der Waals surface area contributed by atoms with E-state index in [9.17, 15) is 14.0 Å². The lowest BCUT2D eigenvalue weighted by atomic mass is 9.85. The minimum atomic E-state index is -0.272. The molecule has 4 rings (SSSR count). The summed E-state index contributed by atoms with van der Waals surface area (Å²) in [5.41, 5.74) is 0.786. The molecule has 5 nitrogen and oxygen atoms in total. The number of carbonyl (C=O) groups excluding carboxylic acids is 2. The molecule has 0 saturated heterocycles. The second-order valence-electron chi connectivity index (χ2n) is 7.05. The van der Waals surface area contributed by atoms with Crippen LogP contribution in [0, 0.1) is 11.7 Å². The molecule has 0 aliphatic heterocycles. The fourth-order valence-electron chi connectivity index (χ4n) is 3.79. The molecule has 1 fully saturated rings. The molecule has 2 atom stereocenters. The van der Waals surface area contributed by atoms with E-state index in [1.165, 1.54) is 30.4 Å². The van der Waals surface area contributed by atoms with Crippen LogP contribution in [0.1, 0.15) is 32.6 Å². The van der Waals surface area contributed by atoms with Crippen molar-refractivity contribution in [2.75, 3.05) is 5.32 Å². The first-order chi connectivity index (χ1) is 13.0. The molecule has 0 spiro atoms. The van der Waals surface area contributed by atoms with Gasteiger partial charge < -0.3 is 10.6 Å². The van der Waals surface area contributed by atoms with E-state index in [0.717, 1.165) is 40.3 Å². The summed E-state index contributed by atoms with van der Waals surface area (Å²) in [6, 6.07) is 8.42. The predicted octanol–water partition coefficient (Wildman–Crippen LogP) is 4.22. The van der Waals surface area contributed by atoms with Crippen LogP contribution < -0.4 is 10.6 Å². The number of anilines is 1. The first-order valence-electron chi connectivity index (χ1n) is 9.06. The van der Waals surface area contributed by atoms with E-state index in [0.29, 0.717) is 11.6 Å². The van der Waals surface area contributed by atoms with Crippen molar-refractivity contribution in [3.05, 3.63) is 36.1 Å². The van der Waals surface area contributed by atoms with Gasteiger partial charge in [0.15, 0.2) is 5.13 Å². The van der Waals surface area contributed by atoms with Crippen molar-refractivity contribution in [3.8, 4) is 0 Å². The minimum Gasteiger partial charge on any atom is -0.354 e. The molecule has 2 aromatic carbocycles. The molecule has 3 aromatic rings. The van der Waals surface area contributed by atoms with Crippen molar-refractivity contribution >= 4 is 49.3 Å². The fourth-order valence-corrected chi connectivity index (χ4v) is 4.80. The van der Waals surface area contributed by atoms with Crippen LogP contribution in [0.15, 0.2) is 30.3 Å². The standard InChI is InChI=1S/C20H20FN3O2S/c1-11(25)22-15-4-2-3-13(10-15)19(26)24-20-23-17-8-5-12-9-14(21)6-7-16(12)18(17)27-20/h5-9,13,15H,2-4,10H2,1H3,(H,22,25)(H,23,24,26)/t13-,15-/m0/s1. The van der Waals surface area contributed by atoms with Gasteiger partial charge in [-0.05, 0) is 48.9 Å². The van der Waals surface area contributed by atoms with Gasteiger partial charge in [0.2, 0.25) is 11.8 Å². The first kappa shape index (κ1) is 17.9. The number of fused-ring (bicyclic) bond motifs is 3. The predicted molar refractivity (Wildman–Crippen MR) is 105 cm³/mol. The molecule has 140 valence electrons. The highest BCUT2D eigenvalue weighted by atomic mass is 32.1. The summed E-state index contributed by atoms with van der Waals surface area (Å²) in [6.07, 6.45) is 3.29. The number of nitrogens with zero attached hydrogens (tertiary/aromatic N) is 1. The van der Waals surface area contributed by atoms with Gasteiger partial charge in [0.25, 0.3) is 0 Å². The first-order valence-corrected chi connectivity index (χ1v) is 9.88. The van der Waals surface area contributed by atoms with E-state index in [4.69, 9.17) is 0 Å². The average molecular weight is 385 g/mol. The Bertz CT molecular complexity index is 1030. The molecule has 0 unspecified atom stereocenters. The SMILES string of the molecule is CC(=O)N[C@H]1CCC[C@H](C(=O)Nc2nc3ccc4cc(F)ccc4c3s2)C1. The molecule has 7 heteroatoms. The van der Waals surface area contributed by atoms with Crippen LogP contribution in [0.2, 0.25) is 0 Å². The maximum Gasteiger partial charge on any atom is 0.229 e. The molecule has 2 amide bonds. The zero-order valence-electron chi connectivity index (χ0n) is 14.9. The summed E-state index contributed by atoms with van der Waals surface area (Å²) in [7, 11) is 0. The summed E-state index contributed by atoms with van der Waals surface area (Å²) in [6.45, 7) is 1.50. The third kappa shape index (κ3) is 3.78. The maximum absolute atomic E-state index is 13.4. The minimum absolute atomic E-state index is 0.0561. The maximum atomic E-state index is 13.4. The smallest absolute Gasteiger partial charge is 0.229 e. The third-order valence-electron chi connectivity index (χ3n) is 5.01. The van der Waals surface area contributed by atoms with E-state index in [2.05, 4.69) is 15.6 Å². The molecule has 0 bridgehead atoms. The summed E-state index contributed by atoms with van der Waals surface area (Å²) in [5, 5.41) is 8.14. The van der Waals surface area contributed by atoms with Crippen molar-refractivity contribution < 1.29 is 14.0 Å². The quantitative estimate of drug-likeness (QED) is 0.709. The van der Waals surface area contributed by atoms with Gasteiger partial charge in [-0.2, -0.15) is 0 Å². The van der Waals surface area contributed by atoms with Crippen LogP contribution in [0.5, 0.6) is 0 Å². The summed E-state index contributed by atoms with van der Waals surface area (Å²) >= 11 is 1.40. The molecular formula is C20H20FN3O2S. The average Bonchev–Trinajstić information content (AvgIpc) is 3.03. The Morgan fingerprint density at radius 1 is 1.22 bits per heavy atom. The van der Waals surface area contributed by atoms with Crippen LogP contribution in [0.3, 0.4) is 0 Å². The highest BCUT2D eigenvalue weighted by molar-refractivity contribution is 7.23. The lowest BCUT2D eigenvalue weighted by molar-refractivity contribution is -0.123. The van der Waals surface area contributed by atoms with Crippen molar-refractivity contribution in [2.45, 2.75) is 38.6 Å². The van der Waals surface area contributed by atoms with Crippen LogP contribution in [0.25, 0.3) is 21.0 Å². The van der Waals surface area contributed by atoms with Gasteiger partial charge in [-0.1, -0.05) is 23.8 Å². The van der Waals surface area contributed by atoms with Gasteiger partial charge in [0.1, 0.15) is 5.82 Å². The van der Waals surface area contributed by atoms with E-state index in [1.807, 2.05) is 12.1 Å². The van der Waals surface area contributed by atoms with Crippen molar-refractivity contribution in [1.29, 1.82) is 0 Å². The Kier molecular flexibility index (Phi) is 4.78. The number of nitrogens with one attached hydrogen (secondary N) is 2. The second kappa shape index (κ2) is 7.23. The number of aromatic nitrogens is 1. The molecule has 1 aromatic heterocycles. The lowest BCUT2D eigenvalue weighted by Gasteiger charge is -2.28. The summed E-state index contributed by atoms with van der Waals surface area (Å²) in [4.78, 5) is 28.5. The summed E-state index contributed by atoms with van der Waals surface area (Å²) < 4.78 is 14.4. The summed E-state index contributed by atoms with van der Waals surface area (Å²) in [5.74, 6) is -0.519. The monoisotopic (exact) mass is 385 g/mol. The van der Waals surface area contributed by atoms with Gasteiger partial charge in [0, 0.05) is 24.3 Å². The Hall–Kier alpha value is -2.54. The zero-order valence-corrected chi connectivity index (χ0v) is 15.7. The Balaban J connectivity index is 1.53. The van der Waals surface area contributed by atoms with Crippen LogP contribution >= 0.6 is 11.3 Å². The van der Waals surface area contributed by atoms with E-state index >= 15 is 0 Å². The van der Waals surface area contributed by atoms with E-state index < -0.39 is 0 Å². The largest absolute Gasteiger partial charge is 0.354 e. The fraction of sp³-hybridized carbons (Fsp3) is 0.350. The molecule has 2 N–H and O–H groups in total. The second-order valence-corrected chi connectivity index (χ2v) is 8.05. The van der Waals surface area contributed by atoms with E-state index in [-0.39, 0.29) is 29.6 Å². The molecule has 0 radical (unpaired) electrons. The topological polar surface area (TPSA) is 71.1 Å². The number of halogens is 1. The van der Waals surface area contributed by atoms with Crippen molar-refractivity contribution in [1.82, 2.24) is 10.3 Å². The number of rotatable bonds is 3. The zero-order chi connectivity index (χ0) is 19.0. The molecule has 1 heterocycles. The number of carbonyl (C=O) groups is 2. The molecule has 27 heavy (non-hydrogen) atoms. The highest BCUT2D eigenvalue weighted by Gasteiger charge is 2.28. The normalized spacial score (nSPS) is 19.9. The van der Waals surface area contributed by atoms with Gasteiger partial charge in [0.05, 0.1) is 10.2 Å². The number of benzene rings is 2. The number of hydrogen-bond acceptors (Lipinski definition) is 4.